The van der Waals surface area contributed by atoms with Gasteiger partial charge < -0.3 is 18.9 Å². The van der Waals surface area contributed by atoms with E-state index in [-0.39, 0.29) is 24.1 Å². The van der Waals surface area contributed by atoms with Crippen molar-refractivity contribution in [1.82, 2.24) is 4.90 Å². The lowest BCUT2D eigenvalue weighted by Gasteiger charge is -2.31. The molecule has 0 N–H and O–H groups in total. The third kappa shape index (κ3) is 6.17. The second-order valence-electron chi connectivity index (χ2n) is 9.83. The van der Waals surface area contributed by atoms with Crippen molar-refractivity contribution in [3.05, 3.63) is 89.0 Å². The summed E-state index contributed by atoms with van der Waals surface area (Å²) < 4.78 is 61.2. The summed E-state index contributed by atoms with van der Waals surface area (Å²) in [6.45, 7) is 2.45. The van der Waals surface area contributed by atoms with Gasteiger partial charge >= 0.3 is 12.1 Å². The maximum Gasteiger partial charge on any atom is 0.416 e. The third-order valence-electron chi connectivity index (χ3n) is 7.30. The Morgan fingerprint density at radius 3 is 2.49 bits per heavy atom. The van der Waals surface area contributed by atoms with Crippen LogP contribution in [0.25, 0.3) is 11.1 Å². The van der Waals surface area contributed by atoms with E-state index in [0.717, 1.165) is 50.2 Å². The zero-order chi connectivity index (χ0) is 27.6. The van der Waals surface area contributed by atoms with Gasteiger partial charge in [0.05, 0.1) is 11.1 Å². The smallest absolute Gasteiger partial charge is 0.416 e. The monoisotopic (exact) mass is 541 g/mol. The Labute approximate surface area is 225 Å². The predicted molar refractivity (Wildman–Crippen MR) is 138 cm³/mol. The van der Waals surface area contributed by atoms with Crippen molar-refractivity contribution in [2.75, 3.05) is 27.3 Å². The molecule has 3 unspecified atom stereocenters. The van der Waals surface area contributed by atoms with Gasteiger partial charge in [-0.05, 0) is 59.0 Å². The van der Waals surface area contributed by atoms with Crippen LogP contribution in [0.2, 0.25) is 0 Å². The Bertz CT molecular complexity index is 1310. The quantitative estimate of drug-likeness (QED) is 0.273. The molecule has 3 aromatic carbocycles. The lowest BCUT2D eigenvalue weighted by atomic mass is 9.97. The summed E-state index contributed by atoms with van der Waals surface area (Å²) in [7, 11) is 3.28. The number of nitrogens with zero attached hydrogens (tertiary/aromatic N) is 1. The molecule has 3 aromatic rings. The molecule has 2 aliphatic heterocycles. The zero-order valence-electron chi connectivity index (χ0n) is 21.7. The van der Waals surface area contributed by atoms with Crippen LogP contribution in [0.1, 0.15) is 33.5 Å². The van der Waals surface area contributed by atoms with E-state index in [9.17, 15) is 18.0 Å². The molecular weight excluding hydrogens is 511 g/mol. The minimum absolute atomic E-state index is 0.214. The molecule has 2 heterocycles. The third-order valence-corrected chi connectivity index (χ3v) is 7.30. The number of ether oxygens (including phenoxy) is 4. The molecule has 0 radical (unpaired) electrons. The lowest BCUT2D eigenvalue weighted by Crippen LogP contribution is -2.37. The summed E-state index contributed by atoms with van der Waals surface area (Å²) >= 11 is 0. The van der Waals surface area contributed by atoms with Crippen molar-refractivity contribution in [2.45, 2.75) is 38.1 Å². The van der Waals surface area contributed by atoms with E-state index in [2.05, 4.69) is 4.90 Å². The SMILES string of the molecule is COC1CC(CN2CCc3cc(OC(=O)c4ccccc4-c4ccc(C(F)(F)F)cc4)ccc3C2)C(OC)O1. The van der Waals surface area contributed by atoms with E-state index in [1.54, 1.807) is 44.6 Å². The van der Waals surface area contributed by atoms with E-state index in [0.29, 0.717) is 16.9 Å². The minimum atomic E-state index is -4.43. The average Bonchev–Trinajstić information content (AvgIpc) is 3.34. The van der Waals surface area contributed by atoms with Crippen LogP contribution in [0.5, 0.6) is 5.75 Å². The van der Waals surface area contributed by atoms with Gasteiger partial charge in [0.15, 0.2) is 12.6 Å². The predicted octanol–water partition coefficient (Wildman–Crippen LogP) is 5.93. The topological polar surface area (TPSA) is 57.2 Å². The second-order valence-corrected chi connectivity index (χ2v) is 9.83. The van der Waals surface area contributed by atoms with Crippen LogP contribution in [0.3, 0.4) is 0 Å². The first-order valence-corrected chi connectivity index (χ1v) is 12.8. The summed E-state index contributed by atoms with van der Waals surface area (Å²) in [6, 6.07) is 17.1. The molecule has 1 saturated heterocycles. The van der Waals surface area contributed by atoms with Crippen molar-refractivity contribution in [1.29, 1.82) is 0 Å². The maximum absolute atomic E-state index is 13.1. The first kappa shape index (κ1) is 27.3. The molecular formula is C30H30F3NO5. The summed E-state index contributed by atoms with van der Waals surface area (Å²) in [4.78, 5) is 15.5. The van der Waals surface area contributed by atoms with Crippen LogP contribution in [0.15, 0.2) is 66.7 Å². The van der Waals surface area contributed by atoms with E-state index >= 15 is 0 Å². The number of benzene rings is 3. The highest BCUT2D eigenvalue weighted by atomic mass is 19.4. The first-order valence-electron chi connectivity index (χ1n) is 12.8. The summed E-state index contributed by atoms with van der Waals surface area (Å²) in [5.41, 5.74) is 2.83. The molecule has 0 amide bonds. The Morgan fingerprint density at radius 1 is 1.00 bits per heavy atom. The number of alkyl halides is 3. The minimum Gasteiger partial charge on any atom is -0.423 e. The molecule has 0 aliphatic carbocycles. The molecule has 206 valence electrons. The van der Waals surface area contributed by atoms with E-state index in [1.807, 2.05) is 12.1 Å². The first-order chi connectivity index (χ1) is 18.7. The highest BCUT2D eigenvalue weighted by Gasteiger charge is 2.37. The number of hydrogen-bond acceptors (Lipinski definition) is 6. The van der Waals surface area contributed by atoms with Crippen LogP contribution in [-0.2, 0) is 33.4 Å². The van der Waals surface area contributed by atoms with Gasteiger partial charge in [0.2, 0.25) is 0 Å². The standard InChI is InChI=1S/C30H30F3NO5/c1-36-27-16-22(29(37-2)39-27)18-34-14-13-20-15-24(12-9-21(20)17-34)38-28(35)26-6-4-3-5-25(26)19-7-10-23(11-8-19)30(31,32)33/h3-12,15,22,27,29H,13-14,16-18H2,1-2H3. The molecule has 0 saturated carbocycles. The van der Waals surface area contributed by atoms with Crippen molar-refractivity contribution in [2.24, 2.45) is 5.92 Å². The van der Waals surface area contributed by atoms with Gasteiger partial charge in [-0.1, -0.05) is 36.4 Å². The van der Waals surface area contributed by atoms with Crippen LogP contribution in [-0.4, -0.2) is 50.8 Å². The van der Waals surface area contributed by atoms with Crippen LogP contribution >= 0.6 is 0 Å². The molecule has 2 aliphatic rings. The number of fused-ring (bicyclic) bond motifs is 1. The molecule has 9 heteroatoms. The van der Waals surface area contributed by atoms with Gasteiger partial charge in [-0.2, -0.15) is 13.2 Å². The van der Waals surface area contributed by atoms with Gasteiger partial charge in [0, 0.05) is 46.2 Å². The van der Waals surface area contributed by atoms with Gasteiger partial charge in [-0.25, -0.2) is 4.79 Å². The number of halogens is 3. The molecule has 1 fully saturated rings. The largest absolute Gasteiger partial charge is 0.423 e. The number of rotatable bonds is 7. The van der Waals surface area contributed by atoms with Gasteiger partial charge in [-0.3, -0.25) is 4.90 Å². The van der Waals surface area contributed by atoms with Crippen molar-refractivity contribution >= 4 is 5.97 Å². The van der Waals surface area contributed by atoms with Crippen LogP contribution in [0, 0.1) is 5.92 Å². The normalized spacial score (nSPS) is 21.5. The average molecular weight is 542 g/mol. The molecule has 6 nitrogen and oxygen atoms in total. The maximum atomic E-state index is 13.1. The Hall–Kier alpha value is -3.24. The molecule has 0 spiro atoms. The molecule has 0 bridgehead atoms. The highest BCUT2D eigenvalue weighted by Crippen LogP contribution is 2.33. The second kappa shape index (κ2) is 11.5. The number of esters is 1. The summed E-state index contributed by atoms with van der Waals surface area (Å²) in [5.74, 6) is 0.0786. The lowest BCUT2D eigenvalue weighted by molar-refractivity contribution is -0.193. The number of carbonyl (C=O) groups is 1. The van der Waals surface area contributed by atoms with Crippen LogP contribution in [0.4, 0.5) is 13.2 Å². The van der Waals surface area contributed by atoms with E-state index in [4.69, 9.17) is 18.9 Å². The van der Waals surface area contributed by atoms with Crippen molar-refractivity contribution in [3.8, 4) is 16.9 Å². The molecule has 5 rings (SSSR count). The Balaban J connectivity index is 1.26. The highest BCUT2D eigenvalue weighted by molar-refractivity contribution is 5.98. The molecule has 0 aromatic heterocycles. The fourth-order valence-corrected chi connectivity index (χ4v) is 5.29. The number of methoxy groups -OCH3 is 2. The van der Waals surface area contributed by atoms with Gasteiger partial charge in [0.1, 0.15) is 5.75 Å². The van der Waals surface area contributed by atoms with Crippen molar-refractivity contribution in [3.63, 3.8) is 0 Å². The molecule has 3 atom stereocenters. The fourth-order valence-electron chi connectivity index (χ4n) is 5.29. The number of carbonyl (C=O) groups excluding carboxylic acids is 1. The zero-order valence-corrected chi connectivity index (χ0v) is 21.7. The van der Waals surface area contributed by atoms with Gasteiger partial charge in [0.25, 0.3) is 0 Å². The fraction of sp³-hybridized carbons (Fsp3) is 0.367. The molecule has 39 heavy (non-hydrogen) atoms. The summed E-state index contributed by atoms with van der Waals surface area (Å²) in [6.07, 6.45) is -3.38. The van der Waals surface area contributed by atoms with Crippen molar-refractivity contribution < 1.29 is 36.9 Å². The Morgan fingerprint density at radius 2 is 1.77 bits per heavy atom. The van der Waals surface area contributed by atoms with Crippen LogP contribution < -0.4 is 4.74 Å². The number of hydrogen-bond donors (Lipinski definition) is 0. The van der Waals surface area contributed by atoms with E-state index in [1.165, 1.54) is 17.7 Å². The Kier molecular flexibility index (Phi) is 8.04. The van der Waals surface area contributed by atoms with Gasteiger partial charge in [-0.15, -0.1) is 0 Å². The summed E-state index contributed by atoms with van der Waals surface area (Å²) in [5, 5.41) is 0. The van der Waals surface area contributed by atoms with E-state index < -0.39 is 17.7 Å².